The third kappa shape index (κ3) is 7.04. The lowest BCUT2D eigenvalue weighted by atomic mass is 10.1. The van der Waals surface area contributed by atoms with Gasteiger partial charge in [-0.1, -0.05) is 29.6 Å². The van der Waals surface area contributed by atoms with E-state index in [9.17, 15) is 4.79 Å². The van der Waals surface area contributed by atoms with E-state index in [-0.39, 0.29) is 0 Å². The number of methoxy groups -OCH3 is 1. The van der Waals surface area contributed by atoms with Gasteiger partial charge in [0.05, 0.1) is 23.3 Å². The van der Waals surface area contributed by atoms with E-state index in [1.807, 2.05) is 12.1 Å². The van der Waals surface area contributed by atoms with Gasteiger partial charge in [-0.15, -0.1) is 0 Å². The summed E-state index contributed by atoms with van der Waals surface area (Å²) in [6.07, 6.45) is 5.29. The van der Waals surface area contributed by atoms with Gasteiger partial charge >= 0.3 is 6.03 Å². The number of nitrogens with one attached hydrogen (secondary N) is 3. The number of aromatic nitrogens is 2. The molecule has 2 amide bonds. The maximum absolute atomic E-state index is 12.4. The molecule has 2 heterocycles. The molecule has 3 aromatic carbocycles. The summed E-state index contributed by atoms with van der Waals surface area (Å²) in [6.45, 7) is 3.71. The van der Waals surface area contributed by atoms with E-state index in [0.29, 0.717) is 51.0 Å². The van der Waals surface area contributed by atoms with Crippen LogP contribution in [0.3, 0.4) is 0 Å². The third-order valence-electron chi connectivity index (χ3n) is 6.62. The standard InChI is InChI=1S/C29H30Cl2N6O3/c1-39-26-16-22-25(17-27(26)40-14-13-37-11-3-2-4-12-37)32-18-33-28(22)34-21-9-10-24(23(31)15-21)36-29(38)35-20-7-5-19(30)6-8-20/h5-10,15-18H,2-4,11-14H2,1H3,(H,32,33,34)(H2,35,36,38). The van der Waals surface area contributed by atoms with Crippen LogP contribution in [0.25, 0.3) is 10.9 Å². The SMILES string of the molecule is COc1cc2c(Nc3ccc(NC(=O)Nc4ccc(Cl)cc4)c(Cl)c3)ncnc2cc1OCCN1CCCCC1. The summed E-state index contributed by atoms with van der Waals surface area (Å²) in [5, 5.41) is 10.5. The average Bonchev–Trinajstić information content (AvgIpc) is 2.96. The highest BCUT2D eigenvalue weighted by Crippen LogP contribution is 2.35. The number of rotatable bonds is 9. The second-order valence-electron chi connectivity index (χ2n) is 9.40. The molecule has 1 aliphatic heterocycles. The fraction of sp³-hybridized carbons (Fsp3) is 0.276. The molecular weight excluding hydrogens is 551 g/mol. The monoisotopic (exact) mass is 580 g/mol. The number of ether oxygens (including phenoxy) is 2. The first-order valence-electron chi connectivity index (χ1n) is 13.1. The summed E-state index contributed by atoms with van der Waals surface area (Å²) < 4.78 is 11.7. The van der Waals surface area contributed by atoms with Gasteiger partial charge in [0.25, 0.3) is 0 Å². The normalized spacial score (nSPS) is 13.6. The van der Waals surface area contributed by atoms with Crippen LogP contribution in [0.15, 0.2) is 60.9 Å². The number of fused-ring (bicyclic) bond motifs is 1. The first kappa shape index (κ1) is 27.8. The van der Waals surface area contributed by atoms with E-state index < -0.39 is 6.03 Å². The van der Waals surface area contributed by atoms with Gasteiger partial charge in [-0.2, -0.15) is 0 Å². The maximum atomic E-state index is 12.4. The maximum Gasteiger partial charge on any atom is 0.323 e. The van der Waals surface area contributed by atoms with Gasteiger partial charge in [-0.3, -0.25) is 4.90 Å². The third-order valence-corrected chi connectivity index (χ3v) is 7.18. The second-order valence-corrected chi connectivity index (χ2v) is 10.2. The van der Waals surface area contributed by atoms with Crippen LogP contribution in [0.4, 0.5) is 27.7 Å². The lowest BCUT2D eigenvalue weighted by Crippen LogP contribution is -2.33. The van der Waals surface area contributed by atoms with Crippen LogP contribution < -0.4 is 25.4 Å². The number of anilines is 4. The summed E-state index contributed by atoms with van der Waals surface area (Å²) in [5.74, 6) is 1.83. The molecule has 0 atom stereocenters. The molecule has 0 saturated carbocycles. The van der Waals surface area contributed by atoms with Crippen LogP contribution in [-0.2, 0) is 0 Å². The molecule has 5 rings (SSSR count). The minimum atomic E-state index is -0.423. The number of carbonyl (C=O) groups is 1. The molecule has 9 nitrogen and oxygen atoms in total. The Hall–Kier alpha value is -3.79. The van der Waals surface area contributed by atoms with E-state index in [2.05, 4.69) is 30.8 Å². The zero-order chi connectivity index (χ0) is 27.9. The Kier molecular flexibility index (Phi) is 9.05. The van der Waals surface area contributed by atoms with Gasteiger partial charge in [0.15, 0.2) is 11.5 Å². The Bertz CT molecular complexity index is 1480. The first-order valence-corrected chi connectivity index (χ1v) is 13.8. The van der Waals surface area contributed by atoms with Crippen LogP contribution in [-0.4, -0.2) is 54.2 Å². The van der Waals surface area contributed by atoms with Crippen LogP contribution in [0.5, 0.6) is 11.5 Å². The predicted octanol–water partition coefficient (Wildman–Crippen LogP) is 7.20. The molecular formula is C29H30Cl2N6O3. The van der Waals surface area contributed by atoms with Gasteiger partial charge in [-0.25, -0.2) is 14.8 Å². The van der Waals surface area contributed by atoms with Crippen molar-refractivity contribution in [2.75, 3.05) is 49.3 Å². The van der Waals surface area contributed by atoms with Gasteiger partial charge in [0.1, 0.15) is 18.8 Å². The smallest absolute Gasteiger partial charge is 0.323 e. The van der Waals surface area contributed by atoms with Crippen molar-refractivity contribution in [1.29, 1.82) is 0 Å². The molecule has 40 heavy (non-hydrogen) atoms. The summed E-state index contributed by atoms with van der Waals surface area (Å²) >= 11 is 12.4. The van der Waals surface area contributed by atoms with Crippen molar-refractivity contribution in [3.63, 3.8) is 0 Å². The highest BCUT2D eigenvalue weighted by molar-refractivity contribution is 6.34. The van der Waals surface area contributed by atoms with Crippen LogP contribution in [0.1, 0.15) is 19.3 Å². The minimum absolute atomic E-state index is 0.358. The summed E-state index contributed by atoms with van der Waals surface area (Å²) in [5.41, 5.74) is 2.47. The van der Waals surface area contributed by atoms with E-state index in [4.69, 9.17) is 32.7 Å². The molecule has 208 valence electrons. The molecule has 1 aromatic heterocycles. The number of likely N-dealkylation sites (tertiary alicyclic amines) is 1. The first-order chi connectivity index (χ1) is 19.5. The van der Waals surface area contributed by atoms with Crippen molar-refractivity contribution >= 4 is 63.0 Å². The Morgan fingerprint density at radius 2 is 1.70 bits per heavy atom. The van der Waals surface area contributed by atoms with Crippen LogP contribution in [0, 0.1) is 0 Å². The van der Waals surface area contributed by atoms with Crippen molar-refractivity contribution in [3.05, 3.63) is 71.0 Å². The molecule has 1 aliphatic rings. The van der Waals surface area contributed by atoms with E-state index in [0.717, 1.165) is 30.5 Å². The highest BCUT2D eigenvalue weighted by atomic mass is 35.5. The number of piperidine rings is 1. The predicted molar refractivity (Wildman–Crippen MR) is 161 cm³/mol. The van der Waals surface area contributed by atoms with Gasteiger partial charge in [0, 0.05) is 34.4 Å². The number of hydrogen-bond donors (Lipinski definition) is 3. The molecule has 0 spiro atoms. The number of carbonyl (C=O) groups excluding carboxylic acids is 1. The van der Waals surface area contributed by atoms with Crippen molar-refractivity contribution in [2.24, 2.45) is 0 Å². The van der Waals surface area contributed by atoms with Crippen LogP contribution >= 0.6 is 23.2 Å². The Morgan fingerprint density at radius 3 is 2.45 bits per heavy atom. The molecule has 0 aliphatic carbocycles. The lowest BCUT2D eigenvalue weighted by Gasteiger charge is -2.26. The van der Waals surface area contributed by atoms with Crippen molar-refractivity contribution in [3.8, 4) is 11.5 Å². The second kappa shape index (κ2) is 13.0. The zero-order valence-corrected chi connectivity index (χ0v) is 23.6. The molecule has 1 saturated heterocycles. The molecule has 1 fully saturated rings. The Balaban J connectivity index is 1.26. The molecule has 0 bridgehead atoms. The highest BCUT2D eigenvalue weighted by Gasteiger charge is 2.15. The van der Waals surface area contributed by atoms with Gasteiger partial charge < -0.3 is 25.4 Å². The van der Waals surface area contributed by atoms with Gasteiger partial charge in [-0.05, 0) is 74.5 Å². The fourth-order valence-corrected chi connectivity index (χ4v) is 4.91. The van der Waals surface area contributed by atoms with E-state index in [1.54, 1.807) is 49.6 Å². The number of halogens is 2. The number of urea groups is 1. The summed E-state index contributed by atoms with van der Waals surface area (Å²) in [7, 11) is 1.62. The molecule has 0 unspecified atom stereocenters. The van der Waals surface area contributed by atoms with Gasteiger partial charge in [0.2, 0.25) is 0 Å². The lowest BCUT2D eigenvalue weighted by molar-refractivity contribution is 0.181. The molecule has 4 aromatic rings. The number of benzene rings is 3. The Labute approximate surface area is 242 Å². The summed E-state index contributed by atoms with van der Waals surface area (Å²) in [6, 6.07) is 15.4. The van der Waals surface area contributed by atoms with Crippen LogP contribution in [0.2, 0.25) is 10.0 Å². The number of amides is 2. The Morgan fingerprint density at radius 1 is 0.925 bits per heavy atom. The van der Waals surface area contributed by atoms with Crippen molar-refractivity contribution in [2.45, 2.75) is 19.3 Å². The molecule has 3 N–H and O–H groups in total. The minimum Gasteiger partial charge on any atom is -0.493 e. The molecule has 11 heteroatoms. The van der Waals surface area contributed by atoms with Crippen molar-refractivity contribution in [1.82, 2.24) is 14.9 Å². The quantitative estimate of drug-likeness (QED) is 0.192. The average molecular weight is 582 g/mol. The molecule has 0 radical (unpaired) electrons. The fourth-order valence-electron chi connectivity index (χ4n) is 4.55. The summed E-state index contributed by atoms with van der Waals surface area (Å²) in [4.78, 5) is 23.7. The van der Waals surface area contributed by atoms with E-state index in [1.165, 1.54) is 25.6 Å². The topological polar surface area (TPSA) is 101 Å². The largest absolute Gasteiger partial charge is 0.493 e. The van der Waals surface area contributed by atoms with E-state index >= 15 is 0 Å². The zero-order valence-electron chi connectivity index (χ0n) is 22.0. The number of nitrogens with zero attached hydrogens (tertiary/aromatic N) is 3. The number of hydrogen-bond acceptors (Lipinski definition) is 7. The van der Waals surface area contributed by atoms with Crippen molar-refractivity contribution < 1.29 is 14.3 Å².